The van der Waals surface area contributed by atoms with Crippen molar-refractivity contribution < 1.29 is 14.7 Å². The lowest BCUT2D eigenvalue weighted by Crippen LogP contribution is -2.04. The molecule has 1 heterocycles. The van der Waals surface area contributed by atoms with E-state index in [-0.39, 0.29) is 5.71 Å². The van der Waals surface area contributed by atoms with Gasteiger partial charge in [-0.3, -0.25) is 4.79 Å². The van der Waals surface area contributed by atoms with Gasteiger partial charge < -0.3 is 5.11 Å². The second kappa shape index (κ2) is 5.19. The Bertz CT molecular complexity index is 367. The van der Waals surface area contributed by atoms with Crippen LogP contribution in [-0.4, -0.2) is 28.5 Å². The van der Waals surface area contributed by atoms with Crippen molar-refractivity contribution in [3.8, 4) is 0 Å². The Morgan fingerprint density at radius 1 is 1.47 bits per heavy atom. The maximum atomic E-state index is 11.2. The minimum absolute atomic E-state index is 0.100. The summed E-state index contributed by atoms with van der Waals surface area (Å²) in [5, 5.41) is 8.38. The molecule has 0 saturated heterocycles. The summed E-state index contributed by atoms with van der Waals surface area (Å²) in [4.78, 5) is 29.1. The van der Waals surface area contributed by atoms with Crippen LogP contribution in [0.1, 0.15) is 26.2 Å². The van der Waals surface area contributed by atoms with Crippen LogP contribution in [0.2, 0.25) is 0 Å². The van der Waals surface area contributed by atoms with Crippen LogP contribution in [0.25, 0.3) is 0 Å². The molecule has 1 rings (SSSR count). The van der Waals surface area contributed by atoms with E-state index < -0.39 is 11.9 Å². The Morgan fingerprint density at radius 3 is 2.80 bits per heavy atom. The quantitative estimate of drug-likeness (QED) is 0.689. The van der Waals surface area contributed by atoms with Crippen molar-refractivity contribution >= 4 is 23.4 Å². The van der Waals surface area contributed by atoms with Gasteiger partial charge in [-0.05, 0) is 12.5 Å². The number of aliphatic carboxylic acids is 1. The molecule has 1 N–H and O–H groups in total. The number of hydrogen-bond acceptors (Lipinski definition) is 3. The summed E-state index contributed by atoms with van der Waals surface area (Å²) in [6.07, 6.45) is 4.64. The molecule has 0 aromatic rings. The van der Waals surface area contributed by atoms with Crippen LogP contribution in [-0.2, 0) is 9.59 Å². The van der Waals surface area contributed by atoms with Gasteiger partial charge in [0.15, 0.2) is 0 Å². The second-order valence-electron chi connectivity index (χ2n) is 3.11. The van der Waals surface area contributed by atoms with Crippen LogP contribution in [0, 0.1) is 0 Å². The third-order valence-corrected chi connectivity index (χ3v) is 1.84. The molecular formula is C10H12N2O3. The molecule has 1 amide bonds. The van der Waals surface area contributed by atoms with Crippen molar-refractivity contribution in [1.29, 1.82) is 0 Å². The fourth-order valence-electron chi connectivity index (χ4n) is 1.09. The third-order valence-electron chi connectivity index (χ3n) is 1.84. The first-order chi connectivity index (χ1) is 7.13. The highest BCUT2D eigenvalue weighted by atomic mass is 16.4. The lowest BCUT2D eigenvalue weighted by molar-refractivity contribution is -0.131. The molecule has 0 bridgehead atoms. The Kier molecular flexibility index (Phi) is 3.91. The van der Waals surface area contributed by atoms with Gasteiger partial charge in [-0.1, -0.05) is 13.3 Å². The molecule has 5 nitrogen and oxygen atoms in total. The van der Waals surface area contributed by atoms with Crippen LogP contribution < -0.4 is 0 Å². The summed E-state index contributed by atoms with van der Waals surface area (Å²) in [5.41, 5.74) is 0.100. The van der Waals surface area contributed by atoms with Gasteiger partial charge in [0, 0.05) is 12.5 Å². The molecule has 1 aliphatic rings. The zero-order valence-corrected chi connectivity index (χ0v) is 8.43. The molecule has 0 fully saturated rings. The summed E-state index contributed by atoms with van der Waals surface area (Å²) in [7, 11) is 0. The summed E-state index contributed by atoms with van der Waals surface area (Å²) in [6.45, 7) is 2.03. The molecule has 1 aliphatic heterocycles. The lowest BCUT2D eigenvalue weighted by Gasteiger charge is -1.91. The van der Waals surface area contributed by atoms with E-state index in [4.69, 9.17) is 5.11 Å². The molecule has 0 radical (unpaired) electrons. The number of amidine groups is 1. The molecule has 0 aromatic carbocycles. The minimum Gasteiger partial charge on any atom is -0.478 e. The van der Waals surface area contributed by atoms with Gasteiger partial charge in [0.25, 0.3) is 5.91 Å². The van der Waals surface area contributed by atoms with E-state index in [9.17, 15) is 9.59 Å². The van der Waals surface area contributed by atoms with E-state index in [1.54, 1.807) is 0 Å². The monoisotopic (exact) mass is 208 g/mol. The number of carboxylic acids is 1. The van der Waals surface area contributed by atoms with Crippen molar-refractivity contribution in [1.82, 2.24) is 0 Å². The molecule has 0 spiro atoms. The summed E-state index contributed by atoms with van der Waals surface area (Å²) >= 11 is 0. The van der Waals surface area contributed by atoms with Gasteiger partial charge in [-0.15, -0.1) is 0 Å². The first-order valence-electron chi connectivity index (χ1n) is 4.75. The number of aliphatic imine (C=N–C) groups is 2. The molecule has 0 saturated carbocycles. The second-order valence-corrected chi connectivity index (χ2v) is 3.11. The zero-order valence-electron chi connectivity index (χ0n) is 8.43. The zero-order chi connectivity index (χ0) is 11.3. The average Bonchev–Trinajstić information content (AvgIpc) is 2.53. The third kappa shape index (κ3) is 3.46. The first-order valence-corrected chi connectivity index (χ1v) is 4.75. The maximum absolute atomic E-state index is 11.2. The van der Waals surface area contributed by atoms with Crippen LogP contribution in [0.15, 0.2) is 22.1 Å². The topological polar surface area (TPSA) is 79.1 Å². The number of carbonyl (C=O) groups excluding carboxylic acids is 1. The van der Waals surface area contributed by atoms with Gasteiger partial charge in [0.1, 0.15) is 11.5 Å². The van der Waals surface area contributed by atoms with Crippen molar-refractivity contribution in [3.63, 3.8) is 0 Å². The highest BCUT2D eigenvalue weighted by Gasteiger charge is 2.16. The number of carboxylic acid groups (broad SMARTS) is 1. The smallest absolute Gasteiger partial charge is 0.328 e. The van der Waals surface area contributed by atoms with E-state index in [1.807, 2.05) is 6.92 Å². The molecule has 0 aliphatic carbocycles. The van der Waals surface area contributed by atoms with E-state index in [2.05, 4.69) is 9.98 Å². The molecule has 0 aromatic heterocycles. The van der Waals surface area contributed by atoms with Gasteiger partial charge in [0.05, 0.1) is 0 Å². The van der Waals surface area contributed by atoms with E-state index in [0.717, 1.165) is 18.9 Å². The summed E-state index contributed by atoms with van der Waals surface area (Å²) in [5.74, 6) is -1.07. The normalized spacial score (nSPS) is 15.7. The fraction of sp³-hybridized carbons (Fsp3) is 0.400. The molecule has 0 unspecified atom stereocenters. The Hall–Kier alpha value is -1.78. The number of rotatable bonds is 5. The number of carbonyl (C=O) groups is 2. The summed E-state index contributed by atoms with van der Waals surface area (Å²) < 4.78 is 0. The van der Waals surface area contributed by atoms with Crippen LogP contribution in [0.4, 0.5) is 0 Å². The molecule has 15 heavy (non-hydrogen) atoms. The molecule has 0 atom stereocenters. The number of nitrogens with zero attached hydrogens (tertiary/aromatic N) is 2. The van der Waals surface area contributed by atoms with Gasteiger partial charge in [0.2, 0.25) is 0 Å². The summed E-state index contributed by atoms with van der Waals surface area (Å²) in [6, 6.07) is 0. The predicted octanol–water partition coefficient (Wildman–Crippen LogP) is 1.20. The number of hydrogen-bond donors (Lipinski definition) is 1. The Labute approximate surface area is 87.2 Å². The molecular weight excluding hydrogens is 196 g/mol. The van der Waals surface area contributed by atoms with Gasteiger partial charge in [-0.25, -0.2) is 9.79 Å². The molecule has 5 heteroatoms. The lowest BCUT2D eigenvalue weighted by atomic mass is 10.2. The Morgan fingerprint density at radius 2 is 2.20 bits per heavy atom. The fourth-order valence-corrected chi connectivity index (χ4v) is 1.09. The first kappa shape index (κ1) is 11.3. The Balaban J connectivity index is 2.63. The highest BCUT2D eigenvalue weighted by Crippen LogP contribution is 2.06. The van der Waals surface area contributed by atoms with Crippen molar-refractivity contribution in [2.24, 2.45) is 9.98 Å². The maximum Gasteiger partial charge on any atom is 0.328 e. The number of unbranched alkanes of at least 4 members (excludes halogenated alkanes) is 1. The van der Waals surface area contributed by atoms with E-state index >= 15 is 0 Å². The van der Waals surface area contributed by atoms with Gasteiger partial charge in [-0.2, -0.15) is 4.99 Å². The predicted molar refractivity (Wildman–Crippen MR) is 56.2 cm³/mol. The molecule has 80 valence electrons. The SMILES string of the molecule is CCCCC1=NC(=O)C(C=CC(=O)O)=N1. The standard InChI is InChI=1S/C10H12N2O3/c1-2-3-4-8-11-7(10(15)12-8)5-6-9(13)14/h5-6H,2-4H2,1H3,(H,13,14). The van der Waals surface area contributed by atoms with Crippen LogP contribution in [0.5, 0.6) is 0 Å². The highest BCUT2D eigenvalue weighted by molar-refractivity contribution is 6.49. The van der Waals surface area contributed by atoms with Crippen LogP contribution >= 0.6 is 0 Å². The van der Waals surface area contributed by atoms with Crippen molar-refractivity contribution in [3.05, 3.63) is 12.2 Å². The minimum atomic E-state index is -1.10. The number of amides is 1. The van der Waals surface area contributed by atoms with Gasteiger partial charge >= 0.3 is 5.97 Å². The largest absolute Gasteiger partial charge is 0.478 e. The average molecular weight is 208 g/mol. The van der Waals surface area contributed by atoms with Crippen molar-refractivity contribution in [2.45, 2.75) is 26.2 Å². The van der Waals surface area contributed by atoms with Crippen molar-refractivity contribution in [2.75, 3.05) is 0 Å². The van der Waals surface area contributed by atoms with Crippen LogP contribution in [0.3, 0.4) is 0 Å². The van der Waals surface area contributed by atoms with E-state index in [0.29, 0.717) is 12.3 Å². The van der Waals surface area contributed by atoms with E-state index in [1.165, 1.54) is 6.08 Å².